The van der Waals surface area contributed by atoms with Gasteiger partial charge in [-0.15, -0.1) is 0 Å². The molecule has 1 aromatic heterocycles. The Kier molecular flexibility index (Phi) is 2.77. The first-order chi connectivity index (χ1) is 6.77. The monoisotopic (exact) mass is 194 g/mol. The molecule has 1 fully saturated rings. The molecule has 14 heavy (non-hydrogen) atoms. The summed E-state index contributed by atoms with van der Waals surface area (Å²) >= 11 is 0. The molecule has 0 spiro atoms. The van der Waals surface area contributed by atoms with E-state index in [1.165, 1.54) is 12.8 Å². The molecule has 1 atom stereocenters. The lowest BCUT2D eigenvalue weighted by atomic mass is 9.97. The average Bonchev–Trinajstić information content (AvgIpc) is 2.68. The van der Waals surface area contributed by atoms with Gasteiger partial charge in [-0.3, -0.25) is 0 Å². The topological polar surface area (TPSA) is 28.4 Å². The van der Waals surface area contributed by atoms with Crippen LogP contribution in [0.15, 0.2) is 16.5 Å². The first kappa shape index (κ1) is 9.59. The summed E-state index contributed by atoms with van der Waals surface area (Å²) in [5.41, 5.74) is 0. The molecule has 0 radical (unpaired) electrons. The van der Waals surface area contributed by atoms with Crippen LogP contribution in [-0.2, 0) is 0 Å². The molecule has 1 saturated heterocycles. The summed E-state index contributed by atoms with van der Waals surface area (Å²) in [6, 6.07) is 4.15. The molecule has 3 heteroatoms. The Morgan fingerprint density at radius 1 is 1.43 bits per heavy atom. The fourth-order valence-corrected chi connectivity index (χ4v) is 1.90. The van der Waals surface area contributed by atoms with Crippen molar-refractivity contribution < 1.29 is 4.42 Å². The third kappa shape index (κ3) is 1.93. The molecule has 0 saturated carbocycles. The van der Waals surface area contributed by atoms with Crippen LogP contribution in [0.5, 0.6) is 0 Å². The summed E-state index contributed by atoms with van der Waals surface area (Å²) in [7, 11) is 4.00. The van der Waals surface area contributed by atoms with Crippen LogP contribution in [0.4, 0.5) is 5.88 Å². The summed E-state index contributed by atoms with van der Waals surface area (Å²) in [6.45, 7) is 2.21. The normalized spacial score (nSPS) is 22.3. The minimum atomic E-state index is 0.567. The van der Waals surface area contributed by atoms with Crippen LogP contribution in [-0.4, -0.2) is 27.2 Å². The number of rotatable bonds is 2. The van der Waals surface area contributed by atoms with Crippen LogP contribution < -0.4 is 10.2 Å². The van der Waals surface area contributed by atoms with E-state index in [9.17, 15) is 0 Å². The highest BCUT2D eigenvalue weighted by Gasteiger charge is 2.18. The Labute approximate surface area is 85.1 Å². The summed E-state index contributed by atoms with van der Waals surface area (Å²) in [5.74, 6) is 2.64. The van der Waals surface area contributed by atoms with Crippen LogP contribution >= 0.6 is 0 Å². The van der Waals surface area contributed by atoms with Crippen LogP contribution in [0.25, 0.3) is 0 Å². The maximum Gasteiger partial charge on any atom is 0.195 e. The van der Waals surface area contributed by atoms with Crippen LogP contribution in [0, 0.1) is 0 Å². The van der Waals surface area contributed by atoms with Crippen molar-refractivity contribution in [2.24, 2.45) is 0 Å². The van der Waals surface area contributed by atoms with E-state index in [1.807, 2.05) is 25.1 Å². The van der Waals surface area contributed by atoms with Crippen molar-refractivity contribution in [2.75, 3.05) is 32.1 Å². The van der Waals surface area contributed by atoms with Gasteiger partial charge in [0, 0.05) is 32.6 Å². The van der Waals surface area contributed by atoms with Crippen LogP contribution in [0.2, 0.25) is 0 Å². The van der Waals surface area contributed by atoms with Crippen LogP contribution in [0.1, 0.15) is 24.5 Å². The zero-order chi connectivity index (χ0) is 9.97. The number of furan rings is 1. The third-order valence-electron chi connectivity index (χ3n) is 2.75. The second-order valence-corrected chi connectivity index (χ2v) is 4.11. The zero-order valence-electron chi connectivity index (χ0n) is 8.92. The second kappa shape index (κ2) is 4.05. The Hall–Kier alpha value is -0.960. The molecule has 0 bridgehead atoms. The molecule has 1 aliphatic heterocycles. The first-order valence-corrected chi connectivity index (χ1v) is 5.25. The SMILES string of the molecule is CN(C)c1ccc(C2CCCNC2)o1. The van der Waals surface area contributed by atoms with Crippen LogP contribution in [0.3, 0.4) is 0 Å². The number of hydrogen-bond acceptors (Lipinski definition) is 3. The maximum absolute atomic E-state index is 5.77. The minimum absolute atomic E-state index is 0.567. The van der Waals surface area contributed by atoms with Crippen molar-refractivity contribution in [1.82, 2.24) is 5.32 Å². The Bertz CT molecular complexity index is 287. The average molecular weight is 194 g/mol. The largest absolute Gasteiger partial charge is 0.445 e. The molecule has 1 unspecified atom stereocenters. The molecular formula is C11H18N2O. The molecule has 2 rings (SSSR count). The number of anilines is 1. The van der Waals surface area contributed by atoms with E-state index >= 15 is 0 Å². The lowest BCUT2D eigenvalue weighted by Crippen LogP contribution is -2.28. The fourth-order valence-electron chi connectivity index (χ4n) is 1.90. The summed E-state index contributed by atoms with van der Waals surface area (Å²) < 4.78 is 5.77. The van der Waals surface area contributed by atoms with E-state index in [1.54, 1.807) is 0 Å². The van der Waals surface area contributed by atoms with Gasteiger partial charge >= 0.3 is 0 Å². The third-order valence-corrected chi connectivity index (χ3v) is 2.75. The summed E-state index contributed by atoms with van der Waals surface area (Å²) in [5, 5.41) is 3.40. The Morgan fingerprint density at radius 3 is 2.86 bits per heavy atom. The van der Waals surface area contributed by atoms with Crippen molar-refractivity contribution in [1.29, 1.82) is 0 Å². The van der Waals surface area contributed by atoms with Gasteiger partial charge in [-0.25, -0.2) is 0 Å². The highest BCUT2D eigenvalue weighted by Crippen LogP contribution is 2.27. The van der Waals surface area contributed by atoms with Gasteiger partial charge < -0.3 is 14.6 Å². The van der Waals surface area contributed by atoms with Gasteiger partial charge in [-0.05, 0) is 25.5 Å². The van der Waals surface area contributed by atoms with E-state index in [4.69, 9.17) is 4.42 Å². The predicted octanol–water partition coefficient (Wildman–Crippen LogP) is 1.81. The maximum atomic E-state index is 5.77. The standard InChI is InChI=1S/C11H18N2O/c1-13(2)11-6-5-10(14-11)9-4-3-7-12-8-9/h5-6,9,12H,3-4,7-8H2,1-2H3. The van der Waals surface area contributed by atoms with E-state index in [0.29, 0.717) is 5.92 Å². The molecule has 0 aromatic carbocycles. The molecule has 1 aliphatic rings. The smallest absolute Gasteiger partial charge is 0.195 e. The van der Waals surface area contributed by atoms with E-state index < -0.39 is 0 Å². The van der Waals surface area contributed by atoms with E-state index in [2.05, 4.69) is 11.4 Å². The van der Waals surface area contributed by atoms with Crippen molar-refractivity contribution in [3.05, 3.63) is 17.9 Å². The molecule has 78 valence electrons. The van der Waals surface area contributed by atoms with Gasteiger partial charge in [0.2, 0.25) is 0 Å². The van der Waals surface area contributed by atoms with Gasteiger partial charge in [-0.1, -0.05) is 0 Å². The highest BCUT2D eigenvalue weighted by atomic mass is 16.4. The zero-order valence-corrected chi connectivity index (χ0v) is 8.92. The lowest BCUT2D eigenvalue weighted by Gasteiger charge is -2.20. The lowest BCUT2D eigenvalue weighted by molar-refractivity contribution is 0.390. The predicted molar refractivity (Wildman–Crippen MR) is 57.9 cm³/mol. The quantitative estimate of drug-likeness (QED) is 0.778. The van der Waals surface area contributed by atoms with Gasteiger partial charge in [0.05, 0.1) is 0 Å². The van der Waals surface area contributed by atoms with Gasteiger partial charge in [0.15, 0.2) is 5.88 Å². The number of nitrogens with zero attached hydrogens (tertiary/aromatic N) is 1. The van der Waals surface area contributed by atoms with Crippen molar-refractivity contribution in [2.45, 2.75) is 18.8 Å². The summed E-state index contributed by atoms with van der Waals surface area (Å²) in [4.78, 5) is 2.00. The van der Waals surface area contributed by atoms with Crippen molar-refractivity contribution >= 4 is 5.88 Å². The molecule has 1 aromatic rings. The molecule has 0 aliphatic carbocycles. The number of hydrogen-bond donors (Lipinski definition) is 1. The van der Waals surface area contributed by atoms with E-state index in [0.717, 1.165) is 24.7 Å². The minimum Gasteiger partial charge on any atom is -0.445 e. The molecule has 2 heterocycles. The molecule has 3 nitrogen and oxygen atoms in total. The fraction of sp³-hybridized carbons (Fsp3) is 0.636. The summed E-state index contributed by atoms with van der Waals surface area (Å²) in [6.07, 6.45) is 2.50. The number of piperidine rings is 1. The van der Waals surface area contributed by atoms with E-state index in [-0.39, 0.29) is 0 Å². The van der Waals surface area contributed by atoms with Gasteiger partial charge in [-0.2, -0.15) is 0 Å². The molecule has 0 amide bonds. The van der Waals surface area contributed by atoms with Crippen molar-refractivity contribution in [3.8, 4) is 0 Å². The molecule has 1 N–H and O–H groups in total. The van der Waals surface area contributed by atoms with Gasteiger partial charge in [0.1, 0.15) is 5.76 Å². The second-order valence-electron chi connectivity index (χ2n) is 4.11. The first-order valence-electron chi connectivity index (χ1n) is 5.25. The Balaban J connectivity index is 2.07. The van der Waals surface area contributed by atoms with Gasteiger partial charge in [0.25, 0.3) is 0 Å². The van der Waals surface area contributed by atoms with Crippen molar-refractivity contribution in [3.63, 3.8) is 0 Å². The number of nitrogens with one attached hydrogen (secondary N) is 1. The molecular weight excluding hydrogens is 176 g/mol. The Morgan fingerprint density at radius 2 is 2.29 bits per heavy atom. The highest BCUT2D eigenvalue weighted by molar-refractivity contribution is 5.34.